The van der Waals surface area contributed by atoms with E-state index >= 15 is 0 Å². The van der Waals surface area contributed by atoms with Crippen molar-refractivity contribution in [1.29, 1.82) is 0 Å². The lowest BCUT2D eigenvalue weighted by Crippen LogP contribution is -2.19. The van der Waals surface area contributed by atoms with E-state index in [1.165, 1.54) is 7.11 Å². The van der Waals surface area contributed by atoms with E-state index in [0.717, 1.165) is 9.26 Å². The fraction of sp³-hybridized carbons (Fsp3) is 0.133. The highest BCUT2D eigenvalue weighted by Gasteiger charge is 2.09. The third-order valence-electron chi connectivity index (χ3n) is 2.76. The van der Waals surface area contributed by atoms with Gasteiger partial charge < -0.3 is 20.1 Å². The summed E-state index contributed by atoms with van der Waals surface area (Å²) in [5, 5.41) is 5.50. The Labute approximate surface area is 136 Å². The van der Waals surface area contributed by atoms with Gasteiger partial charge in [0.15, 0.2) is 0 Å². The normalized spacial score (nSPS) is 9.86. The van der Waals surface area contributed by atoms with Crippen LogP contribution in [0.3, 0.4) is 0 Å². The zero-order chi connectivity index (χ0) is 15.2. The molecule has 5 nitrogen and oxygen atoms in total. The van der Waals surface area contributed by atoms with Gasteiger partial charge in [-0.15, -0.1) is 0 Å². The third kappa shape index (κ3) is 4.25. The highest BCUT2D eigenvalue weighted by Crippen LogP contribution is 2.29. The first-order valence-electron chi connectivity index (χ1n) is 6.18. The molecule has 0 heterocycles. The fourth-order valence-electron chi connectivity index (χ4n) is 1.72. The van der Waals surface area contributed by atoms with Crippen molar-refractivity contribution in [3.8, 4) is 11.5 Å². The largest absolute Gasteiger partial charge is 0.497 e. The van der Waals surface area contributed by atoms with Gasteiger partial charge in [0.05, 0.1) is 19.9 Å². The molecule has 0 atom stereocenters. The molecular formula is C15H15IN2O3. The van der Waals surface area contributed by atoms with E-state index in [2.05, 4.69) is 33.2 Å². The molecule has 6 heteroatoms. The van der Waals surface area contributed by atoms with Crippen LogP contribution in [-0.4, -0.2) is 20.3 Å². The molecule has 21 heavy (non-hydrogen) atoms. The number of carbonyl (C=O) groups excluding carboxylic acids is 1. The van der Waals surface area contributed by atoms with Crippen molar-refractivity contribution in [2.45, 2.75) is 0 Å². The Kier molecular flexibility index (Phi) is 5.26. The molecule has 2 N–H and O–H groups in total. The summed E-state index contributed by atoms with van der Waals surface area (Å²) in [7, 11) is 3.11. The van der Waals surface area contributed by atoms with Crippen LogP contribution in [-0.2, 0) is 0 Å². The standard InChI is InChI=1S/C15H15IN2O3/c1-20-12-7-8-13(14(9-12)21-2)18-15(19)17-11-5-3-10(16)4-6-11/h3-9H,1-2H3,(H2,17,18,19). The highest BCUT2D eigenvalue weighted by molar-refractivity contribution is 14.1. The van der Waals surface area contributed by atoms with Gasteiger partial charge in [0.1, 0.15) is 11.5 Å². The number of rotatable bonds is 4. The smallest absolute Gasteiger partial charge is 0.323 e. The van der Waals surface area contributed by atoms with E-state index in [1.807, 2.05) is 24.3 Å². The maximum absolute atomic E-state index is 12.0. The van der Waals surface area contributed by atoms with Crippen LogP contribution < -0.4 is 20.1 Å². The third-order valence-corrected chi connectivity index (χ3v) is 3.48. The van der Waals surface area contributed by atoms with Gasteiger partial charge in [-0.05, 0) is 59.0 Å². The molecule has 0 saturated heterocycles. The van der Waals surface area contributed by atoms with Gasteiger partial charge >= 0.3 is 6.03 Å². The van der Waals surface area contributed by atoms with Crippen molar-refractivity contribution in [2.75, 3.05) is 24.9 Å². The number of amides is 2. The molecule has 0 fully saturated rings. The molecule has 110 valence electrons. The van der Waals surface area contributed by atoms with Gasteiger partial charge in [-0.2, -0.15) is 0 Å². The van der Waals surface area contributed by atoms with Gasteiger partial charge in [-0.3, -0.25) is 0 Å². The van der Waals surface area contributed by atoms with Crippen LogP contribution in [0.25, 0.3) is 0 Å². The molecule has 2 aromatic rings. The molecule has 0 aliphatic carbocycles. The molecule has 0 unspecified atom stereocenters. The van der Waals surface area contributed by atoms with Crippen LogP contribution in [0.1, 0.15) is 0 Å². The average molecular weight is 398 g/mol. The summed E-state index contributed by atoms with van der Waals surface area (Å²) in [5.74, 6) is 1.20. The van der Waals surface area contributed by atoms with Crippen molar-refractivity contribution in [2.24, 2.45) is 0 Å². The Morgan fingerprint density at radius 3 is 2.33 bits per heavy atom. The Morgan fingerprint density at radius 1 is 1.00 bits per heavy atom. The monoisotopic (exact) mass is 398 g/mol. The zero-order valence-corrected chi connectivity index (χ0v) is 13.8. The molecule has 0 aromatic heterocycles. The lowest BCUT2D eigenvalue weighted by Gasteiger charge is -2.12. The van der Waals surface area contributed by atoms with Crippen molar-refractivity contribution in [1.82, 2.24) is 0 Å². The fourth-order valence-corrected chi connectivity index (χ4v) is 2.08. The van der Waals surface area contributed by atoms with Crippen molar-refractivity contribution in [3.63, 3.8) is 0 Å². The Balaban J connectivity index is 2.07. The highest BCUT2D eigenvalue weighted by atomic mass is 127. The van der Waals surface area contributed by atoms with Crippen molar-refractivity contribution in [3.05, 3.63) is 46.0 Å². The second-order valence-corrected chi connectivity index (χ2v) is 5.40. The number of nitrogens with one attached hydrogen (secondary N) is 2. The van der Waals surface area contributed by atoms with E-state index < -0.39 is 0 Å². The number of halogens is 1. The number of anilines is 2. The number of urea groups is 1. The quantitative estimate of drug-likeness (QED) is 0.767. The van der Waals surface area contributed by atoms with Crippen LogP contribution in [0.15, 0.2) is 42.5 Å². The van der Waals surface area contributed by atoms with Crippen molar-refractivity contribution >= 4 is 40.0 Å². The first-order valence-corrected chi connectivity index (χ1v) is 7.26. The summed E-state index contributed by atoms with van der Waals surface area (Å²) < 4.78 is 11.5. The summed E-state index contributed by atoms with van der Waals surface area (Å²) in [6.07, 6.45) is 0. The molecular weight excluding hydrogens is 383 g/mol. The lowest BCUT2D eigenvalue weighted by molar-refractivity contribution is 0.262. The predicted octanol–water partition coefficient (Wildman–Crippen LogP) is 3.95. The molecule has 2 amide bonds. The number of hydrogen-bond donors (Lipinski definition) is 2. The van der Waals surface area contributed by atoms with Gasteiger partial charge in [-0.25, -0.2) is 4.79 Å². The molecule has 0 aliphatic heterocycles. The van der Waals surface area contributed by atoms with Crippen LogP contribution in [0, 0.1) is 3.57 Å². The minimum atomic E-state index is -0.334. The summed E-state index contributed by atoms with van der Waals surface area (Å²) in [6.45, 7) is 0. The van der Waals surface area contributed by atoms with E-state index in [1.54, 1.807) is 25.3 Å². The molecule has 0 radical (unpaired) electrons. The Morgan fingerprint density at radius 2 is 1.71 bits per heavy atom. The SMILES string of the molecule is COc1ccc(NC(=O)Nc2ccc(I)cc2)c(OC)c1. The molecule has 0 bridgehead atoms. The van der Waals surface area contributed by atoms with E-state index in [4.69, 9.17) is 9.47 Å². The summed E-state index contributed by atoms with van der Waals surface area (Å²) in [6, 6.07) is 12.4. The molecule has 0 saturated carbocycles. The maximum atomic E-state index is 12.0. The lowest BCUT2D eigenvalue weighted by atomic mass is 10.2. The summed E-state index contributed by atoms with van der Waals surface area (Å²) in [5.41, 5.74) is 1.29. The van der Waals surface area contributed by atoms with Crippen LogP contribution in [0.2, 0.25) is 0 Å². The molecule has 0 spiro atoms. The zero-order valence-electron chi connectivity index (χ0n) is 11.6. The van der Waals surface area contributed by atoms with Gasteiger partial charge in [0, 0.05) is 15.3 Å². The number of hydrogen-bond acceptors (Lipinski definition) is 3. The van der Waals surface area contributed by atoms with Crippen LogP contribution >= 0.6 is 22.6 Å². The second kappa shape index (κ2) is 7.16. The Bertz CT molecular complexity index is 629. The summed E-state index contributed by atoms with van der Waals surface area (Å²) >= 11 is 2.21. The molecule has 2 rings (SSSR count). The Hall–Kier alpha value is -1.96. The molecule has 0 aliphatic rings. The second-order valence-electron chi connectivity index (χ2n) is 4.15. The first kappa shape index (κ1) is 15.4. The van der Waals surface area contributed by atoms with E-state index in [-0.39, 0.29) is 6.03 Å². The van der Waals surface area contributed by atoms with E-state index in [9.17, 15) is 4.79 Å². The van der Waals surface area contributed by atoms with Gasteiger partial charge in [0.25, 0.3) is 0 Å². The number of methoxy groups -OCH3 is 2. The van der Waals surface area contributed by atoms with Gasteiger partial charge in [-0.1, -0.05) is 0 Å². The van der Waals surface area contributed by atoms with Gasteiger partial charge in [0.2, 0.25) is 0 Å². The topological polar surface area (TPSA) is 59.6 Å². The number of benzene rings is 2. The molecule has 2 aromatic carbocycles. The minimum Gasteiger partial charge on any atom is -0.497 e. The number of ether oxygens (including phenoxy) is 2. The average Bonchev–Trinajstić information content (AvgIpc) is 2.50. The van der Waals surface area contributed by atoms with Crippen LogP contribution in [0.5, 0.6) is 11.5 Å². The maximum Gasteiger partial charge on any atom is 0.323 e. The predicted molar refractivity (Wildman–Crippen MR) is 91.3 cm³/mol. The minimum absolute atomic E-state index is 0.334. The van der Waals surface area contributed by atoms with Crippen molar-refractivity contribution < 1.29 is 14.3 Å². The van der Waals surface area contributed by atoms with E-state index in [0.29, 0.717) is 17.2 Å². The van der Waals surface area contributed by atoms with Crippen LogP contribution in [0.4, 0.5) is 16.2 Å². The summed E-state index contributed by atoms with van der Waals surface area (Å²) in [4.78, 5) is 12.0. The number of carbonyl (C=O) groups is 1. The first-order chi connectivity index (χ1) is 10.1.